The highest BCUT2D eigenvalue weighted by Gasteiger charge is 2.18. The van der Waals surface area contributed by atoms with E-state index >= 15 is 0 Å². The number of alkyl halides is 1. The molecule has 0 spiro atoms. The molecule has 0 N–H and O–H groups in total. The Morgan fingerprint density at radius 2 is 1.79 bits per heavy atom. The Morgan fingerprint density at radius 1 is 1.11 bits per heavy atom. The number of methoxy groups -OCH3 is 1. The molecule has 0 amide bonds. The van der Waals surface area contributed by atoms with Crippen molar-refractivity contribution in [3.8, 4) is 5.75 Å². The summed E-state index contributed by atoms with van der Waals surface area (Å²) in [4.78, 5) is -0.452. The van der Waals surface area contributed by atoms with Crippen molar-refractivity contribution in [1.29, 1.82) is 0 Å². The topological polar surface area (TPSA) is 9.23 Å². The number of hydrogen-bond donors (Lipinski definition) is 0. The van der Waals surface area contributed by atoms with E-state index in [1.165, 1.54) is 19.2 Å². The molecule has 0 fully saturated rings. The van der Waals surface area contributed by atoms with Gasteiger partial charge in [0.05, 0.1) is 11.9 Å². The van der Waals surface area contributed by atoms with Crippen LogP contribution in [0.1, 0.15) is 16.0 Å². The van der Waals surface area contributed by atoms with E-state index in [0.717, 1.165) is 6.07 Å². The highest BCUT2D eigenvalue weighted by Crippen LogP contribution is 2.37. The Hall–Kier alpha value is -1.13. The van der Waals surface area contributed by atoms with Crippen LogP contribution in [0.2, 0.25) is 5.02 Å². The molecule has 2 rings (SSSR count). The molecule has 5 heteroatoms. The zero-order valence-corrected chi connectivity index (χ0v) is 12.3. The normalized spacial score (nSPS) is 12.3. The van der Waals surface area contributed by atoms with Gasteiger partial charge in [-0.15, -0.1) is 0 Å². The van der Waals surface area contributed by atoms with Gasteiger partial charge in [0.1, 0.15) is 17.4 Å². The number of rotatable bonds is 3. The van der Waals surface area contributed by atoms with E-state index in [4.69, 9.17) is 16.3 Å². The molecule has 0 aromatic heterocycles. The summed E-state index contributed by atoms with van der Waals surface area (Å²) in [5.41, 5.74) is 1.02. The van der Waals surface area contributed by atoms with Crippen molar-refractivity contribution in [2.24, 2.45) is 0 Å². The third kappa shape index (κ3) is 3.07. The summed E-state index contributed by atoms with van der Waals surface area (Å²) in [6.45, 7) is 0. The summed E-state index contributed by atoms with van der Waals surface area (Å²) in [7, 11) is 1.54. The van der Waals surface area contributed by atoms with E-state index < -0.39 is 16.5 Å². The summed E-state index contributed by atoms with van der Waals surface area (Å²) in [5, 5.41) is 0.449. The SMILES string of the molecule is COc1ccc(C(Br)c2ccc(F)cc2F)c(Cl)c1. The predicted molar refractivity (Wildman–Crippen MR) is 75.1 cm³/mol. The molecular weight excluding hydrogens is 338 g/mol. The quantitative estimate of drug-likeness (QED) is 0.701. The standard InChI is InChI=1S/C14H10BrClF2O/c1-19-9-3-5-10(12(16)7-9)14(15)11-4-2-8(17)6-13(11)18/h2-7,14H,1H3. The highest BCUT2D eigenvalue weighted by atomic mass is 79.9. The van der Waals surface area contributed by atoms with Gasteiger partial charge in [-0.2, -0.15) is 0 Å². The van der Waals surface area contributed by atoms with E-state index in [9.17, 15) is 8.78 Å². The molecule has 0 aliphatic carbocycles. The van der Waals surface area contributed by atoms with Gasteiger partial charge in [0, 0.05) is 16.7 Å². The third-order valence-corrected chi connectivity index (χ3v) is 4.03. The minimum Gasteiger partial charge on any atom is -0.497 e. The van der Waals surface area contributed by atoms with Crippen LogP contribution in [0.4, 0.5) is 8.78 Å². The summed E-state index contributed by atoms with van der Waals surface area (Å²) >= 11 is 9.51. The van der Waals surface area contributed by atoms with Crippen LogP contribution in [0.15, 0.2) is 36.4 Å². The maximum Gasteiger partial charge on any atom is 0.130 e. The Kier molecular flexibility index (Phi) is 4.42. The van der Waals surface area contributed by atoms with E-state index in [2.05, 4.69) is 15.9 Å². The van der Waals surface area contributed by atoms with Gasteiger partial charge in [-0.3, -0.25) is 0 Å². The lowest BCUT2D eigenvalue weighted by Crippen LogP contribution is -1.98. The lowest BCUT2D eigenvalue weighted by atomic mass is 10.0. The number of halogens is 4. The van der Waals surface area contributed by atoms with E-state index in [0.29, 0.717) is 21.9 Å². The first-order valence-electron chi connectivity index (χ1n) is 5.45. The molecule has 0 heterocycles. The van der Waals surface area contributed by atoms with Crippen molar-refractivity contribution >= 4 is 27.5 Å². The summed E-state index contributed by atoms with van der Waals surface area (Å²) in [6, 6.07) is 8.57. The second-order valence-electron chi connectivity index (χ2n) is 3.92. The third-order valence-electron chi connectivity index (χ3n) is 2.72. The molecule has 100 valence electrons. The van der Waals surface area contributed by atoms with Crippen molar-refractivity contribution in [1.82, 2.24) is 0 Å². The molecule has 1 atom stereocenters. The number of benzene rings is 2. The monoisotopic (exact) mass is 346 g/mol. The van der Waals surface area contributed by atoms with Crippen LogP contribution in [0, 0.1) is 11.6 Å². The Bertz CT molecular complexity index is 604. The highest BCUT2D eigenvalue weighted by molar-refractivity contribution is 9.09. The maximum atomic E-state index is 13.7. The van der Waals surface area contributed by atoms with Crippen LogP contribution in [0.5, 0.6) is 5.75 Å². The van der Waals surface area contributed by atoms with Crippen LogP contribution < -0.4 is 4.74 Å². The lowest BCUT2D eigenvalue weighted by molar-refractivity contribution is 0.414. The zero-order valence-electron chi connectivity index (χ0n) is 9.96. The largest absolute Gasteiger partial charge is 0.497 e. The number of ether oxygens (including phenoxy) is 1. The second kappa shape index (κ2) is 5.88. The van der Waals surface area contributed by atoms with Crippen LogP contribution in [-0.2, 0) is 0 Å². The van der Waals surface area contributed by atoms with Crippen molar-refractivity contribution in [2.75, 3.05) is 7.11 Å². The summed E-state index contributed by atoms with van der Waals surface area (Å²) < 4.78 is 31.7. The van der Waals surface area contributed by atoms with E-state index in [1.807, 2.05) is 0 Å². The van der Waals surface area contributed by atoms with Gasteiger partial charge in [-0.05, 0) is 23.8 Å². The van der Waals surface area contributed by atoms with Gasteiger partial charge < -0.3 is 4.74 Å². The van der Waals surface area contributed by atoms with Gasteiger partial charge in [-0.1, -0.05) is 39.7 Å². The average Bonchev–Trinajstić information content (AvgIpc) is 2.37. The molecule has 0 radical (unpaired) electrons. The fraction of sp³-hybridized carbons (Fsp3) is 0.143. The minimum absolute atomic E-state index is 0.327. The molecule has 19 heavy (non-hydrogen) atoms. The van der Waals surface area contributed by atoms with Crippen molar-refractivity contribution in [2.45, 2.75) is 4.83 Å². The molecule has 1 nitrogen and oxygen atoms in total. The van der Waals surface area contributed by atoms with Gasteiger partial charge in [-0.25, -0.2) is 8.78 Å². The van der Waals surface area contributed by atoms with Gasteiger partial charge in [0.25, 0.3) is 0 Å². The van der Waals surface area contributed by atoms with Gasteiger partial charge in [0.2, 0.25) is 0 Å². The van der Waals surface area contributed by atoms with Crippen molar-refractivity contribution in [3.05, 3.63) is 64.2 Å². The van der Waals surface area contributed by atoms with Crippen molar-refractivity contribution in [3.63, 3.8) is 0 Å². The van der Waals surface area contributed by atoms with Crippen LogP contribution in [-0.4, -0.2) is 7.11 Å². The Labute approximate surface area is 123 Å². The average molecular weight is 348 g/mol. The lowest BCUT2D eigenvalue weighted by Gasteiger charge is -2.14. The molecule has 0 aliphatic heterocycles. The van der Waals surface area contributed by atoms with Gasteiger partial charge in [0.15, 0.2) is 0 Å². The van der Waals surface area contributed by atoms with E-state index in [-0.39, 0.29) is 0 Å². The van der Waals surface area contributed by atoms with Crippen LogP contribution in [0.25, 0.3) is 0 Å². The molecule has 0 saturated carbocycles. The molecule has 2 aromatic rings. The number of hydrogen-bond acceptors (Lipinski definition) is 1. The van der Waals surface area contributed by atoms with Crippen molar-refractivity contribution < 1.29 is 13.5 Å². The second-order valence-corrected chi connectivity index (χ2v) is 5.24. The zero-order chi connectivity index (χ0) is 14.0. The first-order chi connectivity index (χ1) is 9.02. The fourth-order valence-electron chi connectivity index (χ4n) is 1.71. The summed E-state index contributed by atoms with van der Waals surface area (Å²) in [5.74, 6) is -0.608. The molecule has 0 saturated heterocycles. The Balaban J connectivity index is 2.41. The van der Waals surface area contributed by atoms with Crippen LogP contribution >= 0.6 is 27.5 Å². The Morgan fingerprint density at radius 3 is 2.37 bits per heavy atom. The summed E-state index contributed by atoms with van der Waals surface area (Å²) in [6.07, 6.45) is 0. The first-order valence-corrected chi connectivity index (χ1v) is 6.74. The predicted octanol–water partition coefficient (Wildman–Crippen LogP) is 5.11. The van der Waals surface area contributed by atoms with Crippen LogP contribution in [0.3, 0.4) is 0 Å². The first kappa shape index (κ1) is 14.3. The molecule has 0 bridgehead atoms. The minimum atomic E-state index is -0.617. The van der Waals surface area contributed by atoms with E-state index in [1.54, 1.807) is 18.2 Å². The molecular formula is C14H10BrClF2O. The molecule has 1 unspecified atom stereocenters. The maximum absolute atomic E-state index is 13.7. The molecule has 2 aromatic carbocycles. The molecule has 0 aliphatic rings. The smallest absolute Gasteiger partial charge is 0.130 e. The fourth-order valence-corrected chi connectivity index (χ4v) is 2.90. The van der Waals surface area contributed by atoms with Gasteiger partial charge >= 0.3 is 0 Å².